The summed E-state index contributed by atoms with van der Waals surface area (Å²) in [6.07, 6.45) is 1.64. The van der Waals surface area contributed by atoms with Crippen molar-refractivity contribution >= 4 is 27.3 Å². The lowest BCUT2D eigenvalue weighted by Gasteiger charge is -2.30. The van der Waals surface area contributed by atoms with E-state index in [1.165, 1.54) is 18.2 Å². The maximum Gasteiger partial charge on any atom is 0.261 e. The van der Waals surface area contributed by atoms with Crippen LogP contribution in [-0.4, -0.2) is 20.9 Å². The van der Waals surface area contributed by atoms with Gasteiger partial charge in [-0.25, -0.2) is 12.8 Å². The predicted octanol–water partition coefficient (Wildman–Crippen LogP) is 4.22. The Hall–Kier alpha value is -3.19. The minimum atomic E-state index is -3.95. The van der Waals surface area contributed by atoms with Crippen molar-refractivity contribution in [3.63, 3.8) is 0 Å². The summed E-state index contributed by atoms with van der Waals surface area (Å²) in [5.74, 6) is -0.755. The summed E-state index contributed by atoms with van der Waals surface area (Å²) in [6, 6.07) is 18.9. The predicted molar refractivity (Wildman–Crippen MR) is 110 cm³/mol. The highest BCUT2D eigenvalue weighted by Gasteiger charge is 2.24. The summed E-state index contributed by atoms with van der Waals surface area (Å²) >= 11 is 0. The van der Waals surface area contributed by atoms with Gasteiger partial charge in [0.1, 0.15) is 5.82 Å². The molecule has 0 saturated heterocycles. The van der Waals surface area contributed by atoms with Gasteiger partial charge in [-0.1, -0.05) is 30.3 Å². The van der Waals surface area contributed by atoms with E-state index in [0.717, 1.165) is 24.5 Å². The Labute approximate surface area is 168 Å². The molecular formula is C22H19FN2O3S. The van der Waals surface area contributed by atoms with E-state index in [1.54, 1.807) is 29.2 Å². The number of sulfonamides is 1. The van der Waals surface area contributed by atoms with Crippen molar-refractivity contribution < 1.29 is 17.6 Å². The number of nitrogens with one attached hydrogen (secondary N) is 1. The highest BCUT2D eigenvalue weighted by atomic mass is 32.2. The topological polar surface area (TPSA) is 66.5 Å². The zero-order chi connectivity index (χ0) is 20.4. The molecule has 0 saturated carbocycles. The largest absolute Gasteiger partial charge is 0.308 e. The van der Waals surface area contributed by atoms with Gasteiger partial charge in [-0.15, -0.1) is 0 Å². The number of hydrogen-bond donors (Lipinski definition) is 1. The Bertz CT molecular complexity index is 1160. The van der Waals surface area contributed by atoms with Crippen LogP contribution in [0.2, 0.25) is 0 Å². The number of halogens is 1. The van der Waals surface area contributed by atoms with Gasteiger partial charge < -0.3 is 4.90 Å². The highest BCUT2D eigenvalue weighted by Crippen LogP contribution is 2.32. The van der Waals surface area contributed by atoms with Gasteiger partial charge in [0.25, 0.3) is 15.9 Å². The Morgan fingerprint density at radius 2 is 1.76 bits per heavy atom. The molecule has 3 aromatic carbocycles. The SMILES string of the molecule is O=C(c1ccccc1)N1CCCc2ccc(NS(=O)(=O)c3cccc(F)c3)cc21. The second-order valence-electron chi connectivity index (χ2n) is 6.83. The van der Waals surface area contributed by atoms with E-state index in [2.05, 4.69) is 4.72 Å². The number of anilines is 2. The molecule has 0 spiro atoms. The Kier molecular flexibility index (Phi) is 5.07. The molecule has 29 heavy (non-hydrogen) atoms. The summed E-state index contributed by atoms with van der Waals surface area (Å²) in [5.41, 5.74) is 2.56. The van der Waals surface area contributed by atoms with Crippen molar-refractivity contribution in [2.24, 2.45) is 0 Å². The molecule has 1 N–H and O–H groups in total. The maximum absolute atomic E-state index is 13.4. The number of carbonyl (C=O) groups excluding carboxylic acids is 1. The van der Waals surface area contributed by atoms with Crippen molar-refractivity contribution in [2.45, 2.75) is 17.7 Å². The zero-order valence-electron chi connectivity index (χ0n) is 15.5. The van der Waals surface area contributed by atoms with Gasteiger partial charge in [0, 0.05) is 17.8 Å². The normalized spacial score (nSPS) is 13.6. The number of fused-ring (bicyclic) bond motifs is 1. The zero-order valence-corrected chi connectivity index (χ0v) is 16.3. The molecule has 0 aliphatic carbocycles. The summed E-state index contributed by atoms with van der Waals surface area (Å²) in [6.45, 7) is 0.556. The van der Waals surface area contributed by atoms with Gasteiger partial charge >= 0.3 is 0 Å². The van der Waals surface area contributed by atoms with Gasteiger partial charge in [0.05, 0.1) is 10.6 Å². The second kappa shape index (κ2) is 7.67. The lowest BCUT2D eigenvalue weighted by molar-refractivity contribution is 0.0985. The molecule has 1 aliphatic heterocycles. The molecule has 3 aromatic rings. The number of benzene rings is 3. The van der Waals surface area contributed by atoms with E-state index in [1.807, 2.05) is 24.3 Å². The maximum atomic E-state index is 13.4. The first-order valence-corrected chi connectivity index (χ1v) is 10.7. The number of aryl methyl sites for hydroxylation is 1. The summed E-state index contributed by atoms with van der Waals surface area (Å²) in [5, 5.41) is 0. The van der Waals surface area contributed by atoms with Gasteiger partial charge in [0.15, 0.2) is 0 Å². The fraction of sp³-hybridized carbons (Fsp3) is 0.136. The molecule has 0 fully saturated rings. The number of amides is 1. The van der Waals surface area contributed by atoms with E-state index in [0.29, 0.717) is 23.5 Å². The molecule has 0 unspecified atom stereocenters. The molecule has 0 radical (unpaired) electrons. The first-order chi connectivity index (χ1) is 13.9. The van der Waals surface area contributed by atoms with Crippen molar-refractivity contribution in [1.29, 1.82) is 0 Å². The quantitative estimate of drug-likeness (QED) is 0.700. The van der Waals surface area contributed by atoms with Crippen LogP contribution in [0.5, 0.6) is 0 Å². The van der Waals surface area contributed by atoms with Crippen LogP contribution in [0.3, 0.4) is 0 Å². The standard InChI is InChI=1S/C22H19FN2O3S/c23-18-9-4-10-20(14-18)29(27,28)24-19-12-11-16-8-5-13-25(21(16)15-19)22(26)17-6-2-1-3-7-17/h1-4,6-7,9-12,14-15,24H,5,8,13H2. The van der Waals surface area contributed by atoms with Crippen molar-refractivity contribution in [2.75, 3.05) is 16.2 Å². The third kappa shape index (κ3) is 4.00. The van der Waals surface area contributed by atoms with Crippen molar-refractivity contribution in [3.8, 4) is 0 Å². The summed E-state index contributed by atoms with van der Waals surface area (Å²) < 4.78 is 41.1. The lowest BCUT2D eigenvalue weighted by Crippen LogP contribution is -2.35. The number of rotatable bonds is 4. The Balaban J connectivity index is 1.66. The molecule has 4 rings (SSSR count). The molecule has 5 nitrogen and oxygen atoms in total. The number of hydrogen-bond acceptors (Lipinski definition) is 3. The fourth-order valence-electron chi connectivity index (χ4n) is 3.43. The first kappa shape index (κ1) is 19.1. The van der Waals surface area contributed by atoms with E-state index in [-0.39, 0.29) is 10.8 Å². The molecule has 0 atom stereocenters. The third-order valence-electron chi connectivity index (χ3n) is 4.83. The molecule has 1 aliphatic rings. The molecule has 148 valence electrons. The van der Waals surface area contributed by atoms with E-state index >= 15 is 0 Å². The molecule has 1 heterocycles. The smallest absolute Gasteiger partial charge is 0.261 e. The third-order valence-corrected chi connectivity index (χ3v) is 6.21. The van der Waals surface area contributed by atoms with Gasteiger partial charge in [-0.05, 0) is 60.9 Å². The Morgan fingerprint density at radius 3 is 2.52 bits per heavy atom. The van der Waals surface area contributed by atoms with E-state index < -0.39 is 15.8 Å². The minimum Gasteiger partial charge on any atom is -0.308 e. The second-order valence-corrected chi connectivity index (χ2v) is 8.52. The average Bonchev–Trinajstić information content (AvgIpc) is 2.73. The van der Waals surface area contributed by atoms with Crippen LogP contribution < -0.4 is 9.62 Å². The van der Waals surface area contributed by atoms with Crippen molar-refractivity contribution in [3.05, 3.63) is 89.7 Å². The number of nitrogens with zero attached hydrogens (tertiary/aromatic N) is 1. The molecule has 1 amide bonds. The summed E-state index contributed by atoms with van der Waals surface area (Å²) in [7, 11) is -3.95. The van der Waals surface area contributed by atoms with Gasteiger partial charge in [-0.2, -0.15) is 0 Å². The van der Waals surface area contributed by atoms with E-state index in [4.69, 9.17) is 0 Å². The molecular weight excluding hydrogens is 391 g/mol. The van der Waals surface area contributed by atoms with Crippen LogP contribution in [0.15, 0.2) is 77.7 Å². The van der Waals surface area contributed by atoms with Crippen LogP contribution in [0.25, 0.3) is 0 Å². The molecule has 7 heteroatoms. The monoisotopic (exact) mass is 410 g/mol. The fourth-order valence-corrected chi connectivity index (χ4v) is 4.51. The van der Waals surface area contributed by atoms with Crippen LogP contribution in [0.1, 0.15) is 22.3 Å². The van der Waals surface area contributed by atoms with E-state index in [9.17, 15) is 17.6 Å². The highest BCUT2D eigenvalue weighted by molar-refractivity contribution is 7.92. The first-order valence-electron chi connectivity index (χ1n) is 9.22. The Morgan fingerprint density at radius 1 is 0.966 bits per heavy atom. The average molecular weight is 410 g/mol. The molecule has 0 aromatic heterocycles. The van der Waals surface area contributed by atoms with Crippen LogP contribution in [0.4, 0.5) is 15.8 Å². The lowest BCUT2D eigenvalue weighted by atomic mass is 10.00. The number of carbonyl (C=O) groups is 1. The summed E-state index contributed by atoms with van der Waals surface area (Å²) in [4.78, 5) is 14.5. The minimum absolute atomic E-state index is 0.128. The van der Waals surface area contributed by atoms with Crippen LogP contribution in [-0.2, 0) is 16.4 Å². The van der Waals surface area contributed by atoms with Gasteiger partial charge in [-0.3, -0.25) is 9.52 Å². The van der Waals surface area contributed by atoms with Crippen molar-refractivity contribution in [1.82, 2.24) is 0 Å². The van der Waals surface area contributed by atoms with Gasteiger partial charge in [0.2, 0.25) is 0 Å². The molecule has 0 bridgehead atoms. The van der Waals surface area contributed by atoms with Crippen LogP contribution in [0, 0.1) is 5.82 Å². The van der Waals surface area contributed by atoms with Crippen LogP contribution >= 0.6 is 0 Å².